The fraction of sp³-hybridized carbons (Fsp3) is 0.300. The Bertz CT molecular complexity index is 2410. The molecule has 0 fully saturated rings. The van der Waals surface area contributed by atoms with Gasteiger partial charge in [0.05, 0.1) is 16.7 Å². The second-order valence-electron chi connectivity index (χ2n) is 15.1. The maximum absolute atomic E-state index is 14.7. The van der Waals surface area contributed by atoms with Crippen molar-refractivity contribution in [1.82, 2.24) is 0 Å². The summed E-state index contributed by atoms with van der Waals surface area (Å²) in [5.41, 5.74) is 6.21. The van der Waals surface area contributed by atoms with Gasteiger partial charge >= 0.3 is 33.3 Å². The highest BCUT2D eigenvalue weighted by Gasteiger charge is 2.46. The van der Waals surface area contributed by atoms with Crippen molar-refractivity contribution < 1.29 is 55.1 Å². The number of rotatable bonds is 20. The third-order valence-electron chi connectivity index (χ3n) is 11.2. The van der Waals surface area contributed by atoms with Gasteiger partial charge in [0.15, 0.2) is 12.4 Å². The number of Topliss-reactive ketones (excluding diaryl/α,β-unsaturated/α-hetero) is 1. The van der Waals surface area contributed by atoms with E-state index in [9.17, 15) is 36.4 Å². The standard InChI is InChI=1S/C40H49B9F2O10S/c41-10-20-1-23(13-44)29(24(2-20)14-45)9-34(52)30-7-32(37(53)59-19-40(50,51)62(56,57)58)33(39(55)61-36-27(17-48)5-22(12-43)6-28(36)18-49)8-31(30)38(54)60-35-25(15-46)3-21(11-42)4-26(35)16-47/h1-8H,9-19,41-49H2,(H,56,57,58). The molecule has 0 amide bonds. The predicted octanol–water partition coefficient (Wildman–Crippen LogP) is -2.61. The first-order valence-electron chi connectivity index (χ1n) is 21.4. The Morgan fingerprint density at radius 3 is 1.16 bits per heavy atom. The summed E-state index contributed by atoms with van der Waals surface area (Å²) in [4.78, 5) is 57.7. The normalized spacial score (nSPS) is 11.5. The Hall–Kier alpha value is -4.69. The average molecular weight is 857 g/mol. The summed E-state index contributed by atoms with van der Waals surface area (Å²) >= 11 is 0. The molecule has 0 aromatic heterocycles. The molecular weight excluding hydrogens is 808 g/mol. The molecule has 316 valence electrons. The lowest BCUT2D eigenvalue weighted by Crippen LogP contribution is -2.35. The van der Waals surface area contributed by atoms with Gasteiger partial charge in [-0.25, -0.2) is 14.4 Å². The van der Waals surface area contributed by atoms with Crippen LogP contribution in [0.25, 0.3) is 0 Å². The zero-order valence-electron chi connectivity index (χ0n) is 37.2. The van der Waals surface area contributed by atoms with Crippen LogP contribution in [0.3, 0.4) is 0 Å². The number of benzene rings is 4. The van der Waals surface area contributed by atoms with Gasteiger partial charge in [0.2, 0.25) is 0 Å². The van der Waals surface area contributed by atoms with Crippen LogP contribution in [0, 0.1) is 0 Å². The van der Waals surface area contributed by atoms with E-state index < -0.39 is 62.4 Å². The van der Waals surface area contributed by atoms with Gasteiger partial charge in [0, 0.05) is 12.0 Å². The minimum absolute atomic E-state index is 0.199. The van der Waals surface area contributed by atoms with Gasteiger partial charge in [-0.3, -0.25) is 9.35 Å². The minimum atomic E-state index is -6.02. The van der Waals surface area contributed by atoms with Crippen molar-refractivity contribution in [1.29, 1.82) is 0 Å². The van der Waals surface area contributed by atoms with Gasteiger partial charge in [-0.1, -0.05) is 121 Å². The molecule has 4 aromatic rings. The van der Waals surface area contributed by atoms with Crippen molar-refractivity contribution in [2.45, 2.75) is 68.6 Å². The van der Waals surface area contributed by atoms with Gasteiger partial charge in [0.1, 0.15) is 82.1 Å². The van der Waals surface area contributed by atoms with E-state index in [1.54, 1.807) is 0 Å². The maximum atomic E-state index is 14.7. The quantitative estimate of drug-likeness (QED) is 0.0330. The van der Waals surface area contributed by atoms with E-state index in [1.165, 1.54) is 0 Å². The molecule has 0 bridgehead atoms. The molecule has 0 saturated heterocycles. The molecule has 62 heavy (non-hydrogen) atoms. The number of carbonyl (C=O) groups excluding carboxylic acids is 4. The largest absolute Gasteiger partial charge is 0.454 e. The van der Waals surface area contributed by atoms with E-state index in [-0.39, 0.29) is 23.5 Å². The maximum Gasteiger partial charge on any atom is 0.402 e. The van der Waals surface area contributed by atoms with Gasteiger partial charge in [-0.2, -0.15) is 17.2 Å². The van der Waals surface area contributed by atoms with Crippen LogP contribution in [0.4, 0.5) is 8.78 Å². The molecule has 0 heterocycles. The van der Waals surface area contributed by atoms with Crippen molar-refractivity contribution >= 4 is 104 Å². The molecule has 4 rings (SSSR count). The van der Waals surface area contributed by atoms with Crippen LogP contribution < -0.4 is 9.47 Å². The lowest BCUT2D eigenvalue weighted by molar-refractivity contribution is -0.00963. The predicted molar refractivity (Wildman–Crippen MR) is 261 cm³/mol. The number of alkyl halides is 2. The monoisotopic (exact) mass is 858 g/mol. The summed E-state index contributed by atoms with van der Waals surface area (Å²) in [5.74, 6) is -4.04. The zero-order chi connectivity index (χ0) is 46.1. The number of hydrogen-bond donors (Lipinski definition) is 1. The number of esters is 3. The molecule has 0 aliphatic carbocycles. The van der Waals surface area contributed by atoms with Crippen molar-refractivity contribution in [3.8, 4) is 11.5 Å². The van der Waals surface area contributed by atoms with E-state index in [0.717, 1.165) is 63.7 Å². The van der Waals surface area contributed by atoms with Crippen molar-refractivity contribution in [2.24, 2.45) is 0 Å². The smallest absolute Gasteiger partial charge is 0.402 e. The van der Waals surface area contributed by atoms with E-state index in [2.05, 4.69) is 0 Å². The summed E-state index contributed by atoms with van der Waals surface area (Å²) in [7, 11) is 11.4. The Labute approximate surface area is 371 Å². The topological polar surface area (TPSA) is 150 Å². The molecule has 1 N–H and O–H groups in total. The molecular formula is C40H49B9F2O10S. The van der Waals surface area contributed by atoms with E-state index in [0.29, 0.717) is 60.9 Å². The molecule has 0 atom stereocenters. The van der Waals surface area contributed by atoms with Crippen LogP contribution in [-0.4, -0.2) is 119 Å². The molecule has 0 aliphatic heterocycles. The average Bonchev–Trinajstić information content (AvgIpc) is 3.26. The summed E-state index contributed by atoms with van der Waals surface area (Å²) in [6.07, 6.45) is 4.98. The first-order chi connectivity index (χ1) is 29.3. The molecule has 0 saturated carbocycles. The highest BCUT2D eigenvalue weighted by atomic mass is 32.2. The van der Waals surface area contributed by atoms with Gasteiger partial charge in [0.25, 0.3) is 0 Å². The number of hydrogen-bond acceptors (Lipinski definition) is 9. The Kier molecular flexibility index (Phi) is 17.4. The Morgan fingerprint density at radius 2 is 0.823 bits per heavy atom. The van der Waals surface area contributed by atoms with Crippen LogP contribution in [-0.2, 0) is 78.2 Å². The zero-order valence-corrected chi connectivity index (χ0v) is 38.0. The first-order valence-corrected chi connectivity index (χ1v) is 22.9. The molecule has 0 radical (unpaired) electrons. The molecule has 10 nitrogen and oxygen atoms in total. The van der Waals surface area contributed by atoms with Gasteiger partial charge in [-0.05, 0) is 39.9 Å². The van der Waals surface area contributed by atoms with Crippen LogP contribution in [0.2, 0.25) is 0 Å². The highest BCUT2D eigenvalue weighted by molar-refractivity contribution is 7.86. The van der Waals surface area contributed by atoms with Crippen molar-refractivity contribution in [2.75, 3.05) is 6.61 Å². The minimum Gasteiger partial charge on any atom is -0.454 e. The van der Waals surface area contributed by atoms with Gasteiger partial charge < -0.3 is 14.2 Å². The van der Waals surface area contributed by atoms with Crippen molar-refractivity contribution in [3.05, 3.63) is 126 Å². The second-order valence-corrected chi connectivity index (χ2v) is 16.6. The molecule has 0 aliphatic rings. The third-order valence-corrected chi connectivity index (χ3v) is 12.1. The summed E-state index contributed by atoms with van der Waals surface area (Å²) in [5, 5.41) is -4.92. The Morgan fingerprint density at radius 1 is 0.500 bits per heavy atom. The van der Waals surface area contributed by atoms with Crippen LogP contribution in [0.15, 0.2) is 48.5 Å². The summed E-state index contributed by atoms with van der Waals surface area (Å²) in [6.45, 7) is -2.12. The summed E-state index contributed by atoms with van der Waals surface area (Å²) in [6, 6.07) is 13.5. The van der Waals surface area contributed by atoms with Crippen molar-refractivity contribution in [3.63, 3.8) is 0 Å². The molecule has 0 spiro atoms. The fourth-order valence-electron chi connectivity index (χ4n) is 7.50. The van der Waals surface area contributed by atoms with E-state index in [1.807, 2.05) is 107 Å². The number of halogens is 2. The van der Waals surface area contributed by atoms with Crippen LogP contribution >= 0.6 is 0 Å². The number of carbonyl (C=O) groups is 4. The lowest BCUT2D eigenvalue weighted by atomic mass is 9.80. The molecule has 4 aromatic carbocycles. The van der Waals surface area contributed by atoms with Crippen LogP contribution in [0.1, 0.15) is 97.1 Å². The molecule has 22 heteroatoms. The van der Waals surface area contributed by atoms with E-state index in [4.69, 9.17) is 18.8 Å². The fourth-order valence-corrected chi connectivity index (χ4v) is 7.70. The highest BCUT2D eigenvalue weighted by Crippen LogP contribution is 2.33. The lowest BCUT2D eigenvalue weighted by Gasteiger charge is -2.20. The first kappa shape index (κ1) is 50.0. The summed E-state index contributed by atoms with van der Waals surface area (Å²) < 4.78 is 77.8. The number of ketones is 1. The van der Waals surface area contributed by atoms with Crippen LogP contribution in [0.5, 0.6) is 11.5 Å². The van der Waals surface area contributed by atoms with E-state index >= 15 is 0 Å². The Balaban J connectivity index is 2.04. The second kappa shape index (κ2) is 21.6. The van der Waals surface area contributed by atoms with Gasteiger partial charge in [-0.15, -0.1) is 0 Å². The SMILES string of the molecule is BCc1cc(CB)c(CC(=O)c2cc(C(=O)OCC(F)(F)S(=O)(=O)O)c(C(=O)Oc3c(CB)cc(CB)cc3CB)cc2C(=O)Oc2c(CB)cc(CB)cc2CB)c(CB)c1. The molecule has 0 unspecified atom stereocenters. The third kappa shape index (κ3) is 11.3. The number of ether oxygens (including phenoxy) is 3.